The second-order valence-corrected chi connectivity index (χ2v) is 8.11. The maximum Gasteiger partial charge on any atom is 0.253 e. The van der Waals surface area contributed by atoms with E-state index in [1.165, 1.54) is 0 Å². The molecule has 1 aromatic heterocycles. The van der Waals surface area contributed by atoms with Crippen molar-refractivity contribution < 1.29 is 13.6 Å². The monoisotopic (exact) mass is 427 g/mol. The lowest BCUT2D eigenvalue weighted by Crippen LogP contribution is -2.52. The molecule has 1 fully saturated rings. The van der Waals surface area contributed by atoms with Gasteiger partial charge in [-0.1, -0.05) is 29.3 Å². The highest BCUT2D eigenvalue weighted by Crippen LogP contribution is 2.47. The molecule has 1 amide bonds. The lowest BCUT2D eigenvalue weighted by molar-refractivity contribution is -0.0560. The lowest BCUT2D eigenvalue weighted by atomic mass is 9.65. The van der Waals surface area contributed by atoms with Gasteiger partial charge in [-0.3, -0.25) is 4.79 Å². The molecule has 28 heavy (non-hydrogen) atoms. The van der Waals surface area contributed by atoms with Gasteiger partial charge in [-0.05, 0) is 44.4 Å². The maximum absolute atomic E-state index is 13.9. The summed E-state index contributed by atoms with van der Waals surface area (Å²) in [6.07, 6.45) is 3.27. The minimum absolute atomic E-state index is 0.164. The Morgan fingerprint density at radius 3 is 2.36 bits per heavy atom. The summed E-state index contributed by atoms with van der Waals surface area (Å²) in [4.78, 5) is 21.3. The fourth-order valence-corrected chi connectivity index (χ4v) is 4.16. The van der Waals surface area contributed by atoms with Gasteiger partial charge in [0.25, 0.3) is 5.91 Å². The fraction of sp³-hybridized carbons (Fsp3) is 0.450. The summed E-state index contributed by atoms with van der Waals surface area (Å²) in [5.41, 5.74) is 0.312. The Hall–Kier alpha value is -1.79. The van der Waals surface area contributed by atoms with Gasteiger partial charge in [-0.2, -0.15) is 0 Å². The molecule has 1 saturated carbocycles. The van der Waals surface area contributed by atoms with Gasteiger partial charge in [0.05, 0.1) is 15.6 Å². The molecule has 4 nitrogen and oxygen atoms in total. The van der Waals surface area contributed by atoms with E-state index in [0.29, 0.717) is 5.82 Å². The normalized spacial score (nSPS) is 19.1. The summed E-state index contributed by atoms with van der Waals surface area (Å²) in [5, 5.41) is 3.38. The van der Waals surface area contributed by atoms with Gasteiger partial charge >= 0.3 is 0 Å². The average molecular weight is 428 g/mol. The average Bonchev–Trinajstić information content (AvgIpc) is 2.65. The van der Waals surface area contributed by atoms with Crippen LogP contribution >= 0.6 is 23.2 Å². The fourth-order valence-electron chi connectivity index (χ4n) is 3.77. The molecule has 150 valence electrons. The summed E-state index contributed by atoms with van der Waals surface area (Å²) in [7, 11) is 0. The number of halogens is 4. The molecule has 8 heteroatoms. The summed E-state index contributed by atoms with van der Waals surface area (Å²) in [6, 6.07) is 4.38. The van der Waals surface area contributed by atoms with Crippen LogP contribution in [-0.2, 0) is 5.41 Å². The molecule has 1 aromatic carbocycles. The van der Waals surface area contributed by atoms with Crippen molar-refractivity contribution in [3.05, 3.63) is 57.6 Å². The third-order valence-corrected chi connectivity index (χ3v) is 6.42. The zero-order valence-electron chi connectivity index (χ0n) is 15.6. The number of carbonyl (C=O) groups is 1. The zero-order valence-corrected chi connectivity index (χ0v) is 17.1. The van der Waals surface area contributed by atoms with Crippen LogP contribution in [0.1, 0.15) is 54.4 Å². The number of hydrogen-bond acceptors (Lipinski definition) is 3. The van der Waals surface area contributed by atoms with E-state index in [2.05, 4.69) is 15.3 Å². The van der Waals surface area contributed by atoms with Crippen LogP contribution in [0.3, 0.4) is 0 Å². The van der Waals surface area contributed by atoms with Crippen LogP contribution in [0, 0.1) is 6.92 Å². The Labute approximate surface area is 172 Å². The molecule has 3 rings (SSSR count). The number of carbonyl (C=O) groups excluding carboxylic acids is 1. The van der Waals surface area contributed by atoms with Gasteiger partial charge in [-0.25, -0.2) is 18.7 Å². The van der Waals surface area contributed by atoms with Gasteiger partial charge in [0, 0.05) is 36.7 Å². The van der Waals surface area contributed by atoms with Gasteiger partial charge in [0.2, 0.25) is 5.92 Å². The Morgan fingerprint density at radius 1 is 1.14 bits per heavy atom. The van der Waals surface area contributed by atoms with Crippen molar-refractivity contribution in [2.45, 2.75) is 56.9 Å². The van der Waals surface area contributed by atoms with Crippen molar-refractivity contribution in [1.82, 2.24) is 15.3 Å². The number of aromatic nitrogens is 2. The van der Waals surface area contributed by atoms with Crippen molar-refractivity contribution >= 4 is 29.1 Å². The Bertz CT molecular complexity index is 864. The molecule has 1 unspecified atom stereocenters. The largest absolute Gasteiger partial charge is 0.349 e. The Morgan fingerprint density at radius 2 is 1.75 bits per heavy atom. The van der Waals surface area contributed by atoms with Crippen molar-refractivity contribution in [2.75, 3.05) is 0 Å². The van der Waals surface area contributed by atoms with Gasteiger partial charge in [0.1, 0.15) is 5.82 Å². The molecule has 0 spiro atoms. The number of aryl methyl sites for hydroxylation is 1. The van der Waals surface area contributed by atoms with Crippen LogP contribution in [0.4, 0.5) is 8.78 Å². The molecule has 1 aliphatic rings. The SMILES string of the molecule is Cc1ncc(C2(C(C)NC(=O)c3cccc(Cl)c3Cl)CCC(F)(F)CC2)cn1. The summed E-state index contributed by atoms with van der Waals surface area (Å²) in [6.45, 7) is 3.58. The maximum atomic E-state index is 13.9. The number of benzene rings is 1. The van der Waals surface area contributed by atoms with Crippen LogP contribution in [-0.4, -0.2) is 27.8 Å². The summed E-state index contributed by atoms with van der Waals surface area (Å²) >= 11 is 12.2. The molecule has 1 aliphatic carbocycles. The molecule has 1 atom stereocenters. The first-order chi connectivity index (χ1) is 13.1. The topological polar surface area (TPSA) is 54.9 Å². The van der Waals surface area contributed by atoms with Crippen LogP contribution in [0.25, 0.3) is 0 Å². The van der Waals surface area contributed by atoms with E-state index in [0.717, 1.165) is 5.56 Å². The standard InChI is InChI=1S/C20H21Cl2F2N3O/c1-12(27-18(28)15-4-3-5-16(21)17(15)22)19(6-8-20(23,24)9-7-19)14-10-25-13(2)26-11-14/h3-5,10-12H,6-9H2,1-2H3,(H,27,28). The predicted octanol–water partition coefficient (Wildman–Crippen LogP) is 5.36. The first-order valence-electron chi connectivity index (χ1n) is 9.06. The minimum Gasteiger partial charge on any atom is -0.349 e. The van der Waals surface area contributed by atoms with Crippen molar-refractivity contribution in [3.8, 4) is 0 Å². The van der Waals surface area contributed by atoms with Crippen LogP contribution < -0.4 is 5.32 Å². The van der Waals surface area contributed by atoms with Gasteiger partial charge in [0.15, 0.2) is 0 Å². The molecular formula is C20H21Cl2F2N3O. The first kappa shape index (κ1) is 20.9. The summed E-state index contributed by atoms with van der Waals surface area (Å²) in [5.74, 6) is -2.50. The second kappa shape index (κ2) is 7.91. The highest BCUT2D eigenvalue weighted by molar-refractivity contribution is 6.43. The number of hydrogen-bond donors (Lipinski definition) is 1. The Kier molecular flexibility index (Phi) is 5.92. The zero-order chi connectivity index (χ0) is 20.5. The third kappa shape index (κ3) is 4.13. The van der Waals surface area contributed by atoms with Crippen LogP contribution in [0.2, 0.25) is 10.0 Å². The van der Waals surface area contributed by atoms with E-state index in [1.807, 2.05) is 6.92 Å². The molecule has 0 saturated heterocycles. The van der Waals surface area contributed by atoms with E-state index in [4.69, 9.17) is 23.2 Å². The van der Waals surface area contributed by atoms with E-state index in [9.17, 15) is 13.6 Å². The van der Waals surface area contributed by atoms with Crippen LogP contribution in [0.15, 0.2) is 30.6 Å². The van der Waals surface area contributed by atoms with E-state index in [-0.39, 0.29) is 41.3 Å². The molecule has 2 aromatic rings. The quantitative estimate of drug-likeness (QED) is 0.714. The highest BCUT2D eigenvalue weighted by atomic mass is 35.5. The molecule has 0 bridgehead atoms. The lowest BCUT2D eigenvalue weighted by Gasteiger charge is -2.44. The van der Waals surface area contributed by atoms with E-state index >= 15 is 0 Å². The van der Waals surface area contributed by atoms with E-state index in [1.54, 1.807) is 37.5 Å². The van der Waals surface area contributed by atoms with Crippen molar-refractivity contribution in [3.63, 3.8) is 0 Å². The highest BCUT2D eigenvalue weighted by Gasteiger charge is 2.48. The van der Waals surface area contributed by atoms with Gasteiger partial charge in [-0.15, -0.1) is 0 Å². The second-order valence-electron chi connectivity index (χ2n) is 7.33. The van der Waals surface area contributed by atoms with Crippen molar-refractivity contribution in [2.24, 2.45) is 0 Å². The number of amides is 1. The first-order valence-corrected chi connectivity index (χ1v) is 9.82. The van der Waals surface area contributed by atoms with Crippen molar-refractivity contribution in [1.29, 1.82) is 0 Å². The number of rotatable bonds is 4. The van der Waals surface area contributed by atoms with Crippen LogP contribution in [0.5, 0.6) is 0 Å². The summed E-state index contributed by atoms with van der Waals surface area (Å²) < 4.78 is 27.7. The number of nitrogens with one attached hydrogen (secondary N) is 1. The third-order valence-electron chi connectivity index (χ3n) is 5.60. The smallest absolute Gasteiger partial charge is 0.253 e. The molecular weight excluding hydrogens is 407 g/mol. The molecule has 1 heterocycles. The Balaban J connectivity index is 1.91. The number of nitrogens with zero attached hydrogens (tertiary/aromatic N) is 2. The molecule has 0 radical (unpaired) electrons. The predicted molar refractivity (Wildman–Crippen MR) is 105 cm³/mol. The molecule has 0 aliphatic heterocycles. The number of alkyl halides is 2. The molecule has 1 N–H and O–H groups in total. The van der Waals surface area contributed by atoms with Gasteiger partial charge < -0.3 is 5.32 Å². The minimum atomic E-state index is -2.70. The van der Waals surface area contributed by atoms with E-state index < -0.39 is 23.3 Å².